The number of amides is 2. The van der Waals surface area contributed by atoms with Crippen LogP contribution in [0.25, 0.3) is 0 Å². The van der Waals surface area contributed by atoms with Crippen LogP contribution in [0.15, 0.2) is 66.7 Å². The van der Waals surface area contributed by atoms with Crippen molar-refractivity contribution >= 4 is 17.7 Å². The minimum absolute atomic E-state index is 0.0288. The lowest BCUT2D eigenvalue weighted by molar-refractivity contribution is -0.153. The molecule has 0 bridgehead atoms. The number of unbranched alkanes of at least 4 members (excludes halogenated alkanes) is 1. The first-order valence-corrected chi connectivity index (χ1v) is 16.9. The van der Waals surface area contributed by atoms with Crippen molar-refractivity contribution in [3.05, 3.63) is 89.0 Å². The summed E-state index contributed by atoms with van der Waals surface area (Å²) < 4.78 is 60.5. The Hall–Kier alpha value is -4.45. The minimum atomic E-state index is -4.50. The molecule has 2 N–H and O–H groups in total. The van der Waals surface area contributed by atoms with Gasteiger partial charge >= 0.3 is 12.3 Å². The molecule has 0 radical (unpaired) electrons. The van der Waals surface area contributed by atoms with E-state index in [1.807, 2.05) is 37.3 Å². The number of primary amides is 1. The molecule has 0 aliphatic carbocycles. The number of benzene rings is 3. The summed E-state index contributed by atoms with van der Waals surface area (Å²) in [4.78, 5) is 29.8. The Bertz CT molecular complexity index is 1560. The number of carbonyl (C=O) groups excluding carboxylic acids is 2. The highest BCUT2D eigenvalue weighted by atomic mass is 19.4. The van der Waals surface area contributed by atoms with Gasteiger partial charge in [-0.05, 0) is 88.3 Å². The Balaban J connectivity index is 1.40. The summed E-state index contributed by atoms with van der Waals surface area (Å²) in [5, 5.41) is 0. The number of carbonyl (C=O) groups is 2. The second-order valence-electron chi connectivity index (χ2n) is 13.4. The van der Waals surface area contributed by atoms with Gasteiger partial charge in [-0.1, -0.05) is 48.5 Å². The van der Waals surface area contributed by atoms with Crippen LogP contribution in [0.1, 0.15) is 67.6 Å². The first-order chi connectivity index (χ1) is 23.7. The Morgan fingerprint density at radius 1 is 0.920 bits per heavy atom. The Morgan fingerprint density at radius 3 is 2.26 bits per heavy atom. The van der Waals surface area contributed by atoms with Crippen LogP contribution in [0.4, 0.5) is 23.7 Å². The topological polar surface area (TPSA) is 104 Å². The molecule has 0 spiro atoms. The van der Waals surface area contributed by atoms with E-state index in [2.05, 4.69) is 11.0 Å². The van der Waals surface area contributed by atoms with E-state index in [1.54, 1.807) is 39.0 Å². The maximum Gasteiger partial charge on any atom is 0.422 e. The lowest BCUT2D eigenvalue weighted by Gasteiger charge is -2.32. The molecule has 12 heteroatoms. The highest BCUT2D eigenvalue weighted by Crippen LogP contribution is 2.34. The van der Waals surface area contributed by atoms with E-state index >= 15 is 0 Å². The predicted octanol–water partition coefficient (Wildman–Crippen LogP) is 7.33. The lowest BCUT2D eigenvalue weighted by Crippen LogP contribution is -2.45. The summed E-state index contributed by atoms with van der Waals surface area (Å²) in [5.74, 6) is -0.440. The van der Waals surface area contributed by atoms with Gasteiger partial charge in [-0.15, -0.1) is 0 Å². The molecular weight excluding hydrogens is 651 g/mol. The second kappa shape index (κ2) is 17.5. The van der Waals surface area contributed by atoms with Crippen molar-refractivity contribution in [2.24, 2.45) is 5.73 Å². The van der Waals surface area contributed by atoms with E-state index in [1.165, 1.54) is 17.0 Å². The SMILES string of the molecule is CC(Cc1cc2c(c(C(N)=O)c1)N(CCCCOCc1ccccc1)CC2)N(CCOc1ccccc1OCC(F)(F)F)C(=O)OC(C)(C)C. The van der Waals surface area contributed by atoms with Crippen LogP contribution in [0.3, 0.4) is 0 Å². The van der Waals surface area contributed by atoms with E-state index in [4.69, 9.17) is 24.7 Å². The average molecular weight is 700 g/mol. The summed E-state index contributed by atoms with van der Waals surface area (Å²) in [6, 6.07) is 19.6. The molecule has 50 heavy (non-hydrogen) atoms. The van der Waals surface area contributed by atoms with Crippen LogP contribution in [0, 0.1) is 0 Å². The fourth-order valence-electron chi connectivity index (χ4n) is 5.86. The van der Waals surface area contributed by atoms with Gasteiger partial charge in [0.1, 0.15) is 12.2 Å². The van der Waals surface area contributed by atoms with Crippen molar-refractivity contribution in [3.8, 4) is 11.5 Å². The van der Waals surface area contributed by atoms with Gasteiger partial charge in [0, 0.05) is 25.7 Å². The fraction of sp³-hybridized carbons (Fsp3) is 0.474. The zero-order valence-electron chi connectivity index (χ0n) is 29.3. The molecule has 272 valence electrons. The molecule has 9 nitrogen and oxygen atoms in total. The number of ether oxygens (including phenoxy) is 4. The third kappa shape index (κ3) is 11.9. The Kier molecular flexibility index (Phi) is 13.4. The van der Waals surface area contributed by atoms with Crippen molar-refractivity contribution < 1.29 is 41.7 Å². The van der Waals surface area contributed by atoms with Crippen molar-refractivity contribution in [2.75, 3.05) is 44.4 Å². The molecule has 0 aromatic heterocycles. The summed E-state index contributed by atoms with van der Waals surface area (Å²) >= 11 is 0. The van der Waals surface area contributed by atoms with E-state index < -0.39 is 36.4 Å². The highest BCUT2D eigenvalue weighted by Gasteiger charge is 2.30. The summed E-state index contributed by atoms with van der Waals surface area (Å²) in [6.45, 7) is 8.53. The van der Waals surface area contributed by atoms with E-state index in [9.17, 15) is 22.8 Å². The van der Waals surface area contributed by atoms with Crippen LogP contribution in [0.2, 0.25) is 0 Å². The van der Waals surface area contributed by atoms with Gasteiger partial charge in [-0.3, -0.25) is 4.79 Å². The fourth-order valence-corrected chi connectivity index (χ4v) is 5.86. The van der Waals surface area contributed by atoms with E-state index in [-0.39, 0.29) is 24.7 Å². The van der Waals surface area contributed by atoms with E-state index in [0.717, 1.165) is 54.7 Å². The molecule has 1 unspecified atom stereocenters. The van der Waals surface area contributed by atoms with Gasteiger partial charge in [-0.2, -0.15) is 13.2 Å². The number of rotatable bonds is 17. The van der Waals surface area contributed by atoms with Crippen LogP contribution in [0.5, 0.6) is 11.5 Å². The molecule has 1 heterocycles. The first kappa shape index (κ1) is 38.4. The third-order valence-corrected chi connectivity index (χ3v) is 8.08. The number of hydrogen-bond acceptors (Lipinski definition) is 7. The zero-order chi connectivity index (χ0) is 36.3. The average Bonchev–Trinajstić information content (AvgIpc) is 3.45. The molecule has 0 fully saturated rings. The van der Waals surface area contributed by atoms with Crippen molar-refractivity contribution in [2.45, 2.75) is 77.8 Å². The van der Waals surface area contributed by atoms with Crippen molar-refractivity contribution in [3.63, 3.8) is 0 Å². The van der Waals surface area contributed by atoms with Gasteiger partial charge in [0.15, 0.2) is 18.1 Å². The van der Waals surface area contributed by atoms with Gasteiger partial charge in [0.2, 0.25) is 0 Å². The van der Waals surface area contributed by atoms with Crippen molar-refractivity contribution in [1.29, 1.82) is 0 Å². The third-order valence-electron chi connectivity index (χ3n) is 8.08. The summed E-state index contributed by atoms with van der Waals surface area (Å²) in [6.07, 6.45) is -2.12. The number of nitrogens with zero attached hydrogens (tertiary/aromatic N) is 2. The quantitative estimate of drug-likeness (QED) is 0.147. The maximum atomic E-state index is 13.4. The number of halogens is 3. The molecular formula is C38H48F3N3O6. The Morgan fingerprint density at radius 2 is 1.60 bits per heavy atom. The molecule has 1 atom stereocenters. The number of hydrogen-bond donors (Lipinski definition) is 1. The van der Waals surface area contributed by atoms with Crippen LogP contribution >= 0.6 is 0 Å². The lowest BCUT2D eigenvalue weighted by atomic mass is 9.97. The highest BCUT2D eigenvalue weighted by molar-refractivity contribution is 6.00. The van der Waals surface area contributed by atoms with Gasteiger partial charge < -0.3 is 34.5 Å². The number of para-hydroxylation sites is 2. The maximum absolute atomic E-state index is 13.4. The molecule has 2 amide bonds. The second-order valence-corrected chi connectivity index (χ2v) is 13.4. The van der Waals surface area contributed by atoms with Gasteiger partial charge in [-0.25, -0.2) is 4.79 Å². The molecule has 4 rings (SSSR count). The molecule has 1 aliphatic heterocycles. The van der Waals surface area contributed by atoms with Crippen LogP contribution in [-0.4, -0.2) is 74.2 Å². The molecule has 3 aromatic rings. The first-order valence-electron chi connectivity index (χ1n) is 16.9. The number of alkyl halides is 3. The van der Waals surface area contributed by atoms with Gasteiger partial charge in [0.05, 0.1) is 24.4 Å². The van der Waals surface area contributed by atoms with Crippen LogP contribution < -0.4 is 20.1 Å². The van der Waals surface area contributed by atoms with Crippen LogP contribution in [-0.2, 0) is 28.9 Å². The predicted molar refractivity (Wildman–Crippen MR) is 186 cm³/mol. The summed E-state index contributed by atoms with van der Waals surface area (Å²) in [5.41, 5.74) is 9.46. The molecule has 0 saturated carbocycles. The Labute approximate surface area is 292 Å². The number of nitrogens with two attached hydrogens (primary N) is 1. The smallest absolute Gasteiger partial charge is 0.422 e. The normalized spacial score (nSPS) is 13.5. The van der Waals surface area contributed by atoms with Crippen molar-refractivity contribution in [1.82, 2.24) is 4.90 Å². The number of anilines is 1. The molecule has 0 saturated heterocycles. The zero-order valence-corrected chi connectivity index (χ0v) is 29.3. The number of fused-ring (bicyclic) bond motifs is 1. The summed E-state index contributed by atoms with van der Waals surface area (Å²) in [7, 11) is 0. The minimum Gasteiger partial charge on any atom is -0.488 e. The monoisotopic (exact) mass is 699 g/mol. The molecule has 3 aromatic carbocycles. The van der Waals surface area contributed by atoms with Gasteiger partial charge in [0.25, 0.3) is 5.91 Å². The standard InChI is InChI=1S/C38H48F3N3O6/c1-27(44(36(46)50-37(2,3)4)19-21-48-32-14-8-9-15-33(32)49-26-38(39,40)41)22-29-23-30-16-18-43(34(30)31(24-29)35(42)45)17-10-11-20-47-25-28-12-6-5-7-13-28/h5-9,12-15,23-24,27H,10-11,16-22,25-26H2,1-4H3,(H2,42,45). The largest absolute Gasteiger partial charge is 0.488 e. The van der Waals surface area contributed by atoms with E-state index in [0.29, 0.717) is 25.2 Å². The molecule has 1 aliphatic rings.